The molecule has 7 nitrogen and oxygen atoms in total. The maximum Gasteiger partial charge on any atom is 0.408 e. The zero-order chi connectivity index (χ0) is 29.5. The number of ether oxygens (including phenoxy) is 1. The molecule has 3 atom stereocenters. The van der Waals surface area contributed by atoms with Gasteiger partial charge in [-0.3, -0.25) is 9.59 Å². The molecule has 3 unspecified atom stereocenters. The highest BCUT2D eigenvalue weighted by Crippen LogP contribution is 2.27. The molecule has 0 saturated heterocycles. The summed E-state index contributed by atoms with van der Waals surface area (Å²) in [5, 5.41) is 6.15. The number of carbonyl (C=O) groups is 3. The fourth-order valence-electron chi connectivity index (χ4n) is 5.36. The summed E-state index contributed by atoms with van der Waals surface area (Å²) in [6.45, 7) is 12.0. The summed E-state index contributed by atoms with van der Waals surface area (Å²) < 4.78 is 5.52. The number of amides is 3. The van der Waals surface area contributed by atoms with Crippen LogP contribution in [0.25, 0.3) is 0 Å². The molecule has 1 saturated carbocycles. The number of alkyl carbamates (subject to hydrolysis) is 1. The normalized spacial score (nSPS) is 16.4. The van der Waals surface area contributed by atoms with Crippen LogP contribution in [-0.4, -0.2) is 47.0 Å². The fraction of sp³-hybridized carbons (Fsp3) is 0.727. The number of carbonyl (C=O) groups excluding carboxylic acids is 3. The Balaban J connectivity index is 2.40. The average molecular weight is 558 g/mol. The van der Waals surface area contributed by atoms with Crippen LogP contribution in [0.4, 0.5) is 4.79 Å². The Hall–Kier alpha value is -2.57. The van der Waals surface area contributed by atoms with E-state index >= 15 is 0 Å². The van der Waals surface area contributed by atoms with E-state index in [2.05, 4.69) is 17.6 Å². The SMILES string of the molecule is CCCCCCCCN(C(=O)C(NC(=O)OC(C)(C)C)C(C)CC)C(C(=O)NC1CCCCC1)c1ccccc1. The number of nitrogens with one attached hydrogen (secondary N) is 2. The number of hydrogen-bond donors (Lipinski definition) is 2. The molecule has 0 radical (unpaired) electrons. The first kappa shape index (κ1) is 33.6. The van der Waals surface area contributed by atoms with Crippen LogP contribution >= 0.6 is 0 Å². The molecule has 40 heavy (non-hydrogen) atoms. The van der Waals surface area contributed by atoms with E-state index in [0.29, 0.717) is 13.0 Å². The Morgan fingerprint density at radius 1 is 0.950 bits per heavy atom. The molecule has 0 heterocycles. The number of unbranched alkanes of at least 4 members (excludes halogenated alkanes) is 5. The summed E-state index contributed by atoms with van der Waals surface area (Å²) in [7, 11) is 0. The second-order valence-electron chi connectivity index (χ2n) is 12.5. The molecule has 226 valence electrons. The van der Waals surface area contributed by atoms with Crippen LogP contribution < -0.4 is 10.6 Å². The lowest BCUT2D eigenvalue weighted by atomic mass is 9.93. The van der Waals surface area contributed by atoms with Crippen molar-refractivity contribution >= 4 is 17.9 Å². The summed E-state index contributed by atoms with van der Waals surface area (Å²) in [6, 6.07) is 8.16. The summed E-state index contributed by atoms with van der Waals surface area (Å²) in [5.41, 5.74) is 0.105. The molecule has 2 N–H and O–H groups in total. The van der Waals surface area contributed by atoms with E-state index in [4.69, 9.17) is 4.74 Å². The van der Waals surface area contributed by atoms with Crippen molar-refractivity contribution in [1.29, 1.82) is 0 Å². The van der Waals surface area contributed by atoms with Crippen molar-refractivity contribution in [3.63, 3.8) is 0 Å². The van der Waals surface area contributed by atoms with Gasteiger partial charge in [0.2, 0.25) is 11.8 Å². The highest BCUT2D eigenvalue weighted by Gasteiger charge is 2.38. The zero-order valence-electron chi connectivity index (χ0n) is 26.0. The summed E-state index contributed by atoms with van der Waals surface area (Å²) in [5.74, 6) is -0.510. The third kappa shape index (κ3) is 11.5. The number of nitrogens with zero attached hydrogens (tertiary/aromatic N) is 1. The third-order valence-electron chi connectivity index (χ3n) is 7.81. The van der Waals surface area contributed by atoms with E-state index in [1.54, 1.807) is 25.7 Å². The van der Waals surface area contributed by atoms with Crippen molar-refractivity contribution in [1.82, 2.24) is 15.5 Å². The molecule has 3 amide bonds. The van der Waals surface area contributed by atoms with Gasteiger partial charge in [-0.25, -0.2) is 4.79 Å². The number of hydrogen-bond acceptors (Lipinski definition) is 4. The molecule has 1 aliphatic carbocycles. The minimum absolute atomic E-state index is 0.128. The van der Waals surface area contributed by atoms with Gasteiger partial charge in [-0.15, -0.1) is 0 Å². The van der Waals surface area contributed by atoms with Gasteiger partial charge in [0.15, 0.2) is 0 Å². The Labute approximate surface area is 243 Å². The van der Waals surface area contributed by atoms with Crippen molar-refractivity contribution < 1.29 is 19.1 Å². The lowest BCUT2D eigenvalue weighted by molar-refractivity contribution is -0.144. The maximum atomic E-state index is 14.4. The molecule has 0 bridgehead atoms. The summed E-state index contributed by atoms with van der Waals surface area (Å²) >= 11 is 0. The van der Waals surface area contributed by atoms with Crippen LogP contribution in [0.15, 0.2) is 30.3 Å². The van der Waals surface area contributed by atoms with Crippen LogP contribution in [-0.2, 0) is 14.3 Å². The average Bonchev–Trinajstić information content (AvgIpc) is 2.92. The fourth-order valence-corrected chi connectivity index (χ4v) is 5.36. The number of benzene rings is 1. The van der Waals surface area contributed by atoms with Gasteiger partial charge in [0.05, 0.1) is 0 Å². The first-order valence-corrected chi connectivity index (χ1v) is 15.7. The Morgan fingerprint density at radius 3 is 2.17 bits per heavy atom. The highest BCUT2D eigenvalue weighted by atomic mass is 16.6. The second-order valence-corrected chi connectivity index (χ2v) is 12.5. The second kappa shape index (κ2) is 17.3. The van der Waals surface area contributed by atoms with Gasteiger partial charge in [0.25, 0.3) is 0 Å². The topological polar surface area (TPSA) is 87.7 Å². The zero-order valence-corrected chi connectivity index (χ0v) is 26.0. The van der Waals surface area contributed by atoms with Gasteiger partial charge in [-0.05, 0) is 51.5 Å². The molecule has 1 aliphatic rings. The lowest BCUT2D eigenvalue weighted by Gasteiger charge is -2.37. The van der Waals surface area contributed by atoms with Crippen LogP contribution in [0, 0.1) is 5.92 Å². The molecular weight excluding hydrogens is 502 g/mol. The smallest absolute Gasteiger partial charge is 0.408 e. The van der Waals surface area contributed by atoms with E-state index in [-0.39, 0.29) is 23.8 Å². The highest BCUT2D eigenvalue weighted by molar-refractivity contribution is 5.92. The first-order chi connectivity index (χ1) is 19.1. The van der Waals surface area contributed by atoms with Crippen molar-refractivity contribution in [2.24, 2.45) is 5.92 Å². The summed E-state index contributed by atoms with van der Waals surface area (Å²) in [6.07, 6.45) is 11.9. The van der Waals surface area contributed by atoms with Gasteiger partial charge < -0.3 is 20.3 Å². The Bertz CT molecular complexity index is 893. The van der Waals surface area contributed by atoms with Gasteiger partial charge >= 0.3 is 6.09 Å². The van der Waals surface area contributed by atoms with Gasteiger partial charge in [0, 0.05) is 12.6 Å². The first-order valence-electron chi connectivity index (χ1n) is 15.7. The van der Waals surface area contributed by atoms with Crippen LogP contribution in [0.3, 0.4) is 0 Å². The maximum absolute atomic E-state index is 14.4. The molecule has 1 aromatic carbocycles. The number of rotatable bonds is 15. The lowest BCUT2D eigenvalue weighted by Crippen LogP contribution is -2.56. The largest absolute Gasteiger partial charge is 0.444 e. The Morgan fingerprint density at radius 2 is 1.57 bits per heavy atom. The summed E-state index contributed by atoms with van der Waals surface area (Å²) in [4.78, 5) is 42.9. The van der Waals surface area contributed by atoms with Gasteiger partial charge in [0.1, 0.15) is 17.7 Å². The van der Waals surface area contributed by atoms with Crippen molar-refractivity contribution in [3.8, 4) is 0 Å². The van der Waals surface area contributed by atoms with E-state index in [9.17, 15) is 14.4 Å². The molecule has 0 aliphatic heterocycles. The predicted molar refractivity (Wildman–Crippen MR) is 162 cm³/mol. The van der Waals surface area contributed by atoms with Gasteiger partial charge in [-0.2, -0.15) is 0 Å². The van der Waals surface area contributed by atoms with E-state index in [1.165, 1.54) is 25.7 Å². The standard InChI is InChI=1S/C33H55N3O4/c1-7-9-10-11-12-19-24-36(31(38)28(25(3)8-2)35-32(39)40-33(4,5)6)29(26-20-15-13-16-21-26)30(37)34-27-22-17-14-18-23-27/h13,15-16,20-21,25,27-29H,7-12,14,17-19,22-24H2,1-6H3,(H,34,37)(H,35,39). The van der Waals surface area contributed by atoms with E-state index < -0.39 is 23.8 Å². The van der Waals surface area contributed by atoms with E-state index in [1.807, 2.05) is 44.2 Å². The van der Waals surface area contributed by atoms with E-state index in [0.717, 1.165) is 50.5 Å². The Kier molecular flexibility index (Phi) is 14.5. The van der Waals surface area contributed by atoms with Crippen molar-refractivity contribution in [3.05, 3.63) is 35.9 Å². The van der Waals surface area contributed by atoms with Gasteiger partial charge in [-0.1, -0.05) is 109 Å². The predicted octanol–water partition coefficient (Wildman–Crippen LogP) is 7.31. The molecule has 2 rings (SSSR count). The molecule has 1 fully saturated rings. The minimum Gasteiger partial charge on any atom is -0.444 e. The molecule has 0 spiro atoms. The molecular formula is C33H55N3O4. The molecule has 0 aromatic heterocycles. The van der Waals surface area contributed by atoms with Crippen molar-refractivity contribution in [2.75, 3.05) is 6.54 Å². The minimum atomic E-state index is -0.798. The molecule has 1 aromatic rings. The molecule has 7 heteroatoms. The van der Waals surface area contributed by atoms with Crippen LogP contribution in [0.2, 0.25) is 0 Å². The van der Waals surface area contributed by atoms with Crippen LogP contribution in [0.1, 0.15) is 130 Å². The van der Waals surface area contributed by atoms with Crippen molar-refractivity contribution in [2.45, 2.75) is 142 Å². The van der Waals surface area contributed by atoms with Crippen LogP contribution in [0.5, 0.6) is 0 Å². The monoisotopic (exact) mass is 557 g/mol. The quantitative estimate of drug-likeness (QED) is 0.221. The third-order valence-corrected chi connectivity index (χ3v) is 7.81.